The number of carbonyl (C=O) groups is 1. The van der Waals surface area contributed by atoms with Crippen molar-refractivity contribution in [3.63, 3.8) is 0 Å². The van der Waals surface area contributed by atoms with E-state index in [1.54, 1.807) is 17.0 Å². The van der Waals surface area contributed by atoms with E-state index in [0.717, 1.165) is 5.39 Å². The van der Waals surface area contributed by atoms with Gasteiger partial charge in [0.2, 0.25) is 11.8 Å². The molecule has 1 amide bonds. The summed E-state index contributed by atoms with van der Waals surface area (Å²) in [6.45, 7) is -0.00346. The van der Waals surface area contributed by atoms with Crippen LogP contribution in [0.5, 0.6) is 5.75 Å². The highest BCUT2D eigenvalue weighted by Gasteiger charge is 2.60. The molecule has 2 aliphatic heterocycles. The summed E-state index contributed by atoms with van der Waals surface area (Å²) in [6.07, 6.45) is 1.52. The quantitative estimate of drug-likeness (QED) is 0.114. The first kappa shape index (κ1) is 28.1. The van der Waals surface area contributed by atoms with E-state index in [1.165, 1.54) is 23.0 Å². The molecule has 9 rings (SSSR count). The van der Waals surface area contributed by atoms with Crippen molar-refractivity contribution in [2.24, 2.45) is 5.73 Å². The molecule has 0 saturated carbocycles. The highest BCUT2D eigenvalue weighted by atomic mass is 16.6. The molecule has 0 radical (unpaired) electrons. The van der Waals surface area contributed by atoms with Gasteiger partial charge in [0.1, 0.15) is 22.8 Å². The third kappa shape index (κ3) is 3.76. The molecule has 0 saturated heterocycles. The summed E-state index contributed by atoms with van der Waals surface area (Å²) in [5, 5.41) is 31.7. The van der Waals surface area contributed by atoms with Crippen LogP contribution in [-0.2, 0) is 16.8 Å². The number of para-hydroxylation sites is 3. The Kier molecular flexibility index (Phi) is 5.81. The molecule has 49 heavy (non-hydrogen) atoms. The van der Waals surface area contributed by atoms with Gasteiger partial charge < -0.3 is 15.4 Å². The molecule has 1 spiro atoms. The number of nitrogens with two attached hydrogens (primary N) is 1. The number of fused-ring (bicyclic) bond motifs is 10. The molecule has 0 fully saturated rings. The maximum absolute atomic E-state index is 15.4. The molecule has 0 bridgehead atoms. The average molecular weight is 644 g/mol. The Balaban J connectivity index is 1.32. The van der Waals surface area contributed by atoms with Crippen LogP contribution in [0.25, 0.3) is 38.5 Å². The van der Waals surface area contributed by atoms with E-state index >= 15 is 4.79 Å². The minimum absolute atomic E-state index is 0.00346. The standard InChI is InChI=1S/C36H21N9O4/c37-17-26-34(38)49-33-24-8-2-1-7-23(24)31-32(41-28-11-5-4-10-27(28)40-31)30(33)36(26)25-9-3-6-12-29(25)43(35(36)46)19-22-18-39-42-44(22)20-13-15-21(16-14-20)45(47)48/h1-16,18H,19,38H2. The molecule has 2 N–H and O–H groups in total. The van der Waals surface area contributed by atoms with Gasteiger partial charge in [-0.25, -0.2) is 14.6 Å². The van der Waals surface area contributed by atoms with E-state index < -0.39 is 16.2 Å². The number of non-ortho nitro benzene ring substituents is 1. The van der Waals surface area contributed by atoms with E-state index in [2.05, 4.69) is 16.4 Å². The number of carbonyl (C=O) groups excluding carboxylic acids is 1. The number of amides is 1. The van der Waals surface area contributed by atoms with Crippen LogP contribution < -0.4 is 15.4 Å². The summed E-state index contributed by atoms with van der Waals surface area (Å²) in [5.41, 5.74) is 9.45. The van der Waals surface area contributed by atoms with Gasteiger partial charge in [0, 0.05) is 39.7 Å². The molecule has 4 heterocycles. The van der Waals surface area contributed by atoms with Gasteiger partial charge in [-0.2, -0.15) is 5.26 Å². The maximum atomic E-state index is 15.4. The second-order valence-corrected chi connectivity index (χ2v) is 11.7. The molecule has 2 aliphatic rings. The van der Waals surface area contributed by atoms with Crippen LogP contribution in [-0.4, -0.2) is 35.8 Å². The van der Waals surface area contributed by atoms with E-state index in [-0.39, 0.29) is 23.7 Å². The van der Waals surface area contributed by atoms with Gasteiger partial charge in [-0.1, -0.05) is 59.8 Å². The number of aromatic nitrogens is 5. The first-order valence-electron chi connectivity index (χ1n) is 15.2. The Hall–Kier alpha value is -7.20. The smallest absolute Gasteiger partial charge is 0.269 e. The van der Waals surface area contributed by atoms with Crippen molar-refractivity contribution in [2.75, 3.05) is 4.90 Å². The highest BCUT2D eigenvalue weighted by Crippen LogP contribution is 2.58. The minimum atomic E-state index is -1.74. The number of anilines is 1. The van der Waals surface area contributed by atoms with Gasteiger partial charge in [-0.3, -0.25) is 14.9 Å². The van der Waals surface area contributed by atoms with Crippen LogP contribution in [0.15, 0.2) is 115 Å². The van der Waals surface area contributed by atoms with Gasteiger partial charge in [0.25, 0.3) is 5.69 Å². The number of nitrogens with zero attached hydrogens (tertiary/aromatic N) is 8. The lowest BCUT2D eigenvalue weighted by Crippen LogP contribution is -2.46. The third-order valence-electron chi connectivity index (χ3n) is 9.19. The maximum Gasteiger partial charge on any atom is 0.269 e. The Morgan fingerprint density at radius 1 is 0.898 bits per heavy atom. The van der Waals surface area contributed by atoms with Crippen LogP contribution in [0.4, 0.5) is 11.4 Å². The number of rotatable bonds is 4. The second-order valence-electron chi connectivity index (χ2n) is 11.7. The van der Waals surface area contributed by atoms with Crippen molar-refractivity contribution in [1.82, 2.24) is 25.0 Å². The monoisotopic (exact) mass is 643 g/mol. The predicted octanol–water partition coefficient (Wildman–Crippen LogP) is 5.34. The lowest BCUT2D eigenvalue weighted by atomic mass is 9.67. The molecule has 7 aromatic rings. The fourth-order valence-electron chi connectivity index (χ4n) is 7.11. The van der Waals surface area contributed by atoms with E-state index in [4.69, 9.17) is 20.4 Å². The third-order valence-corrected chi connectivity index (χ3v) is 9.19. The minimum Gasteiger partial charge on any atom is -0.439 e. The van der Waals surface area contributed by atoms with Crippen LogP contribution in [0.3, 0.4) is 0 Å². The van der Waals surface area contributed by atoms with Gasteiger partial charge in [0.15, 0.2) is 0 Å². The van der Waals surface area contributed by atoms with Crippen molar-refractivity contribution < 1.29 is 14.5 Å². The van der Waals surface area contributed by atoms with E-state index in [9.17, 15) is 15.4 Å². The number of hydrogen-bond acceptors (Lipinski definition) is 10. The molecule has 0 aliphatic carbocycles. The van der Waals surface area contributed by atoms with Crippen molar-refractivity contribution in [2.45, 2.75) is 12.0 Å². The Bertz CT molecular complexity index is 2660. The van der Waals surface area contributed by atoms with Crippen LogP contribution >= 0.6 is 0 Å². The van der Waals surface area contributed by atoms with Gasteiger partial charge >= 0.3 is 0 Å². The first-order valence-corrected chi connectivity index (χ1v) is 15.2. The zero-order valence-electron chi connectivity index (χ0n) is 25.3. The van der Waals surface area contributed by atoms with Crippen molar-refractivity contribution in [3.05, 3.63) is 142 Å². The predicted molar refractivity (Wildman–Crippen MR) is 178 cm³/mol. The van der Waals surface area contributed by atoms with Crippen molar-refractivity contribution in [1.29, 1.82) is 5.26 Å². The van der Waals surface area contributed by atoms with Gasteiger partial charge in [-0.05, 0) is 30.3 Å². The summed E-state index contributed by atoms with van der Waals surface area (Å²) >= 11 is 0. The number of benzene rings is 5. The highest BCUT2D eigenvalue weighted by molar-refractivity contribution is 6.20. The number of nitro benzene ring substituents is 1. The van der Waals surface area contributed by atoms with Crippen LogP contribution in [0.1, 0.15) is 16.8 Å². The molecular formula is C36H21N9O4. The number of nitriles is 1. The van der Waals surface area contributed by atoms with Crippen molar-refractivity contribution in [3.8, 4) is 17.5 Å². The molecule has 2 aromatic heterocycles. The average Bonchev–Trinajstić information content (AvgIpc) is 3.69. The normalized spacial score (nSPS) is 16.6. The molecule has 234 valence electrons. The largest absolute Gasteiger partial charge is 0.439 e. The Morgan fingerprint density at radius 2 is 1.57 bits per heavy atom. The number of hydrogen-bond donors (Lipinski definition) is 1. The number of nitro groups is 1. The zero-order valence-corrected chi connectivity index (χ0v) is 25.3. The summed E-state index contributed by atoms with van der Waals surface area (Å²) in [5.74, 6) is -0.302. The van der Waals surface area contributed by atoms with Crippen LogP contribution in [0, 0.1) is 21.4 Å². The summed E-state index contributed by atoms with van der Waals surface area (Å²) < 4.78 is 7.80. The van der Waals surface area contributed by atoms with E-state index in [1.807, 2.05) is 72.8 Å². The zero-order chi connectivity index (χ0) is 33.4. The second kappa shape index (κ2) is 10.1. The lowest BCUT2D eigenvalue weighted by molar-refractivity contribution is -0.384. The molecule has 13 nitrogen and oxygen atoms in total. The molecule has 5 aromatic carbocycles. The SMILES string of the molecule is N#CC1=C(N)Oc2c(c3nc4ccccc4nc3c3ccccc23)C12C(=O)N(Cc1cnnn1-c1ccc([N+](=O)[O-])cc1)c1ccccc12. The molecule has 13 heteroatoms. The summed E-state index contributed by atoms with van der Waals surface area (Å²) in [7, 11) is 0. The fraction of sp³-hybridized carbons (Fsp3) is 0.0556. The van der Waals surface area contributed by atoms with Gasteiger partial charge in [-0.15, -0.1) is 5.10 Å². The lowest BCUT2D eigenvalue weighted by Gasteiger charge is -2.35. The summed E-state index contributed by atoms with van der Waals surface area (Å²) in [6, 6.07) is 30.4. The van der Waals surface area contributed by atoms with Crippen LogP contribution in [0.2, 0.25) is 0 Å². The Labute approximate surface area is 276 Å². The fourth-order valence-corrected chi connectivity index (χ4v) is 7.11. The molecule has 1 atom stereocenters. The number of ether oxygens (including phenoxy) is 1. The van der Waals surface area contributed by atoms with E-state index in [0.29, 0.717) is 61.4 Å². The van der Waals surface area contributed by atoms with Crippen molar-refractivity contribution >= 4 is 50.1 Å². The topological polar surface area (TPSA) is 179 Å². The summed E-state index contributed by atoms with van der Waals surface area (Å²) in [4.78, 5) is 37.9. The Morgan fingerprint density at radius 3 is 2.31 bits per heavy atom. The van der Waals surface area contributed by atoms with Gasteiger partial charge in [0.05, 0.1) is 51.1 Å². The molecule has 1 unspecified atom stereocenters. The first-order chi connectivity index (χ1) is 23.9. The molecular weight excluding hydrogens is 622 g/mol.